The maximum Gasteiger partial charge on any atom is 0.215 e. The Bertz CT molecular complexity index is 802. The summed E-state index contributed by atoms with van der Waals surface area (Å²) < 4.78 is 21.3. The average Bonchev–Trinajstić information content (AvgIpc) is 2.76. The minimum atomic E-state index is -0.413. The number of halogens is 2. The van der Waals surface area contributed by atoms with Crippen LogP contribution in [0.4, 0.5) is 10.3 Å². The van der Waals surface area contributed by atoms with Gasteiger partial charge in [-0.25, -0.2) is 9.37 Å². The summed E-state index contributed by atoms with van der Waals surface area (Å²) in [6, 6.07) is 7.99. The summed E-state index contributed by atoms with van der Waals surface area (Å²) in [5, 5.41) is 0. The van der Waals surface area contributed by atoms with Gasteiger partial charge in [0.15, 0.2) is 5.65 Å². The van der Waals surface area contributed by atoms with Crippen molar-refractivity contribution in [3.63, 3.8) is 0 Å². The molecule has 0 aliphatic rings. The van der Waals surface area contributed by atoms with E-state index >= 15 is 0 Å². The van der Waals surface area contributed by atoms with Crippen molar-refractivity contribution in [1.29, 1.82) is 0 Å². The summed E-state index contributed by atoms with van der Waals surface area (Å²) in [5.74, 6) is 0.163. The fraction of sp³-hybridized carbons (Fsp3) is 0.0769. The third-order valence-corrected chi connectivity index (χ3v) is 3.36. The van der Waals surface area contributed by atoms with E-state index in [2.05, 4.69) is 25.9 Å². The van der Waals surface area contributed by atoms with Crippen molar-refractivity contribution in [3.05, 3.63) is 40.6 Å². The fourth-order valence-electron chi connectivity index (χ4n) is 1.97. The smallest absolute Gasteiger partial charge is 0.215 e. The zero-order valence-corrected chi connectivity index (χ0v) is 12.1. The number of hydrogen-bond donors (Lipinski definition) is 1. The number of benzene rings is 1. The lowest BCUT2D eigenvalue weighted by molar-refractivity contribution is 0.399. The monoisotopic (exact) mass is 336 g/mol. The molecular formula is C13H10BrFN4O. The van der Waals surface area contributed by atoms with Crippen molar-refractivity contribution >= 4 is 33.0 Å². The lowest BCUT2D eigenvalue weighted by Gasteiger charge is -2.08. The van der Waals surface area contributed by atoms with Gasteiger partial charge in [-0.15, -0.1) is 0 Å². The molecule has 20 heavy (non-hydrogen) atoms. The quantitative estimate of drug-likeness (QED) is 0.781. The zero-order valence-electron chi connectivity index (χ0n) is 10.5. The van der Waals surface area contributed by atoms with Gasteiger partial charge in [-0.3, -0.25) is 4.57 Å². The zero-order chi connectivity index (χ0) is 14.3. The molecule has 0 saturated heterocycles. The SMILES string of the molecule is COc1ccc2nc(N)n(-c3cc(Br)ccc3F)c2n1. The van der Waals surface area contributed by atoms with Gasteiger partial charge in [0, 0.05) is 10.5 Å². The van der Waals surface area contributed by atoms with Crippen molar-refractivity contribution in [1.82, 2.24) is 14.5 Å². The molecule has 0 spiro atoms. The van der Waals surface area contributed by atoms with E-state index in [0.717, 1.165) is 4.47 Å². The lowest BCUT2D eigenvalue weighted by atomic mass is 10.3. The molecule has 0 unspecified atom stereocenters. The summed E-state index contributed by atoms with van der Waals surface area (Å²) in [7, 11) is 1.51. The van der Waals surface area contributed by atoms with Crippen LogP contribution < -0.4 is 10.5 Å². The maximum absolute atomic E-state index is 14.0. The number of pyridine rings is 1. The molecule has 0 fully saturated rings. The molecule has 7 heteroatoms. The number of nitrogens with zero attached hydrogens (tertiary/aromatic N) is 3. The molecule has 0 aliphatic heterocycles. The topological polar surface area (TPSA) is 66.0 Å². The van der Waals surface area contributed by atoms with E-state index in [1.807, 2.05) is 0 Å². The van der Waals surface area contributed by atoms with E-state index in [9.17, 15) is 4.39 Å². The van der Waals surface area contributed by atoms with Crippen molar-refractivity contribution in [2.75, 3.05) is 12.8 Å². The Labute approximate surface area is 122 Å². The first-order chi connectivity index (χ1) is 9.60. The van der Waals surface area contributed by atoms with Crippen LogP contribution in [0.5, 0.6) is 5.88 Å². The number of fused-ring (bicyclic) bond motifs is 1. The van der Waals surface area contributed by atoms with E-state index in [1.54, 1.807) is 24.3 Å². The van der Waals surface area contributed by atoms with Gasteiger partial charge in [-0.05, 0) is 24.3 Å². The third-order valence-electron chi connectivity index (χ3n) is 2.86. The number of rotatable bonds is 2. The molecular weight excluding hydrogens is 327 g/mol. The first-order valence-electron chi connectivity index (χ1n) is 5.74. The van der Waals surface area contributed by atoms with E-state index < -0.39 is 5.82 Å². The summed E-state index contributed by atoms with van der Waals surface area (Å²) in [6.07, 6.45) is 0. The standard InChI is InChI=1S/C13H10BrFN4O/c1-20-11-5-4-9-12(18-11)19(13(16)17-9)10-6-7(14)2-3-8(10)15/h2-6H,1H3,(H2,16,17). The molecule has 3 rings (SSSR count). The van der Waals surface area contributed by atoms with E-state index in [-0.39, 0.29) is 11.6 Å². The summed E-state index contributed by atoms with van der Waals surface area (Å²) >= 11 is 3.31. The number of imidazole rings is 1. The molecule has 0 saturated carbocycles. The molecule has 2 heterocycles. The van der Waals surface area contributed by atoms with Gasteiger partial charge in [0.05, 0.1) is 12.8 Å². The minimum Gasteiger partial charge on any atom is -0.481 e. The van der Waals surface area contributed by atoms with Gasteiger partial charge < -0.3 is 10.5 Å². The van der Waals surface area contributed by atoms with Crippen molar-refractivity contribution in [2.24, 2.45) is 0 Å². The molecule has 0 bridgehead atoms. The highest BCUT2D eigenvalue weighted by molar-refractivity contribution is 9.10. The van der Waals surface area contributed by atoms with Crippen LogP contribution in [0, 0.1) is 5.82 Å². The van der Waals surface area contributed by atoms with Gasteiger partial charge in [0.25, 0.3) is 0 Å². The number of methoxy groups -OCH3 is 1. The average molecular weight is 337 g/mol. The Morgan fingerprint density at radius 1 is 1.25 bits per heavy atom. The number of nitrogens with two attached hydrogens (primary N) is 1. The highest BCUT2D eigenvalue weighted by atomic mass is 79.9. The molecule has 0 radical (unpaired) electrons. The van der Waals surface area contributed by atoms with Crippen molar-refractivity contribution in [2.45, 2.75) is 0 Å². The Morgan fingerprint density at radius 3 is 2.80 bits per heavy atom. The Balaban J connectivity index is 2.34. The van der Waals surface area contributed by atoms with E-state index in [4.69, 9.17) is 10.5 Å². The summed E-state index contributed by atoms with van der Waals surface area (Å²) in [6.45, 7) is 0. The van der Waals surface area contributed by atoms with Crippen molar-refractivity contribution in [3.8, 4) is 11.6 Å². The fourth-order valence-corrected chi connectivity index (χ4v) is 2.31. The second-order valence-corrected chi connectivity index (χ2v) is 5.01. The first kappa shape index (κ1) is 12.9. The maximum atomic E-state index is 14.0. The number of hydrogen-bond acceptors (Lipinski definition) is 4. The van der Waals surface area contributed by atoms with Gasteiger partial charge in [0.1, 0.15) is 11.3 Å². The van der Waals surface area contributed by atoms with Crippen LogP contribution in [-0.2, 0) is 0 Å². The summed E-state index contributed by atoms with van der Waals surface area (Å²) in [4.78, 5) is 8.45. The van der Waals surface area contributed by atoms with Crippen molar-refractivity contribution < 1.29 is 9.13 Å². The van der Waals surface area contributed by atoms with Gasteiger partial charge in [0.2, 0.25) is 11.8 Å². The Hall–Kier alpha value is -2.15. The summed E-state index contributed by atoms with van der Waals surface area (Å²) in [5.41, 5.74) is 7.18. The van der Waals surface area contributed by atoms with Crippen LogP contribution in [0.2, 0.25) is 0 Å². The van der Waals surface area contributed by atoms with Crippen LogP contribution in [0.25, 0.3) is 16.9 Å². The van der Waals surface area contributed by atoms with Gasteiger partial charge in [-0.1, -0.05) is 15.9 Å². The largest absolute Gasteiger partial charge is 0.481 e. The molecule has 102 valence electrons. The van der Waals surface area contributed by atoms with Gasteiger partial charge in [-0.2, -0.15) is 4.98 Å². The van der Waals surface area contributed by atoms with Crippen LogP contribution in [0.3, 0.4) is 0 Å². The molecule has 1 aromatic carbocycles. The molecule has 3 aromatic rings. The van der Waals surface area contributed by atoms with Crippen LogP contribution in [0.1, 0.15) is 0 Å². The molecule has 2 N–H and O–H groups in total. The number of ether oxygens (including phenoxy) is 1. The molecule has 2 aromatic heterocycles. The van der Waals surface area contributed by atoms with Crippen LogP contribution >= 0.6 is 15.9 Å². The molecule has 0 aliphatic carbocycles. The second kappa shape index (κ2) is 4.75. The van der Waals surface area contributed by atoms with Crippen LogP contribution in [0.15, 0.2) is 34.8 Å². The predicted molar refractivity (Wildman–Crippen MR) is 77.5 cm³/mol. The predicted octanol–water partition coefficient (Wildman–Crippen LogP) is 2.91. The number of nitrogen functional groups attached to an aromatic ring is 1. The molecule has 0 atom stereocenters. The van der Waals surface area contributed by atoms with E-state index in [0.29, 0.717) is 17.0 Å². The Kier molecular flexibility index (Phi) is 3.06. The van der Waals surface area contributed by atoms with Crippen LogP contribution in [-0.4, -0.2) is 21.6 Å². The number of aromatic nitrogens is 3. The highest BCUT2D eigenvalue weighted by Crippen LogP contribution is 2.27. The highest BCUT2D eigenvalue weighted by Gasteiger charge is 2.15. The van der Waals surface area contributed by atoms with E-state index in [1.165, 1.54) is 17.7 Å². The first-order valence-corrected chi connectivity index (χ1v) is 6.54. The minimum absolute atomic E-state index is 0.165. The number of anilines is 1. The van der Waals surface area contributed by atoms with Gasteiger partial charge >= 0.3 is 0 Å². The molecule has 5 nitrogen and oxygen atoms in total. The molecule has 0 amide bonds. The second-order valence-electron chi connectivity index (χ2n) is 4.10. The lowest BCUT2D eigenvalue weighted by Crippen LogP contribution is -2.04. The normalized spacial score (nSPS) is 10.9. The third kappa shape index (κ3) is 2.00. The Morgan fingerprint density at radius 2 is 2.05 bits per heavy atom.